The Labute approximate surface area is 180 Å². The first-order chi connectivity index (χ1) is 14.5. The maximum absolute atomic E-state index is 13.3. The van der Waals surface area contributed by atoms with Crippen LogP contribution in [0.1, 0.15) is 48.2 Å². The number of hydrogen-bond acceptors (Lipinski definition) is 5. The number of rotatable bonds is 4. The predicted octanol–water partition coefficient (Wildman–Crippen LogP) is 4.65. The molecule has 5 rings (SSSR count). The number of H-pyrrole nitrogens is 1. The van der Waals surface area contributed by atoms with Gasteiger partial charge in [-0.05, 0) is 50.0 Å². The molecule has 3 aromatic rings. The van der Waals surface area contributed by atoms with Crippen LogP contribution in [0.4, 0.5) is 11.5 Å². The van der Waals surface area contributed by atoms with Crippen LogP contribution in [0, 0.1) is 11.3 Å². The number of anilines is 1. The van der Waals surface area contributed by atoms with Crippen LogP contribution in [-0.2, 0) is 0 Å². The van der Waals surface area contributed by atoms with Crippen molar-refractivity contribution in [1.29, 1.82) is 0 Å². The van der Waals surface area contributed by atoms with Crippen LogP contribution in [0.2, 0.25) is 0 Å². The Morgan fingerprint density at radius 3 is 2.97 bits per heavy atom. The van der Waals surface area contributed by atoms with Crippen LogP contribution in [-0.4, -0.2) is 52.2 Å². The van der Waals surface area contributed by atoms with E-state index in [9.17, 15) is 4.79 Å². The lowest BCUT2D eigenvalue weighted by molar-refractivity contribution is -0.394. The molecule has 2 fully saturated rings. The van der Waals surface area contributed by atoms with Crippen molar-refractivity contribution in [2.24, 2.45) is 11.3 Å². The van der Waals surface area contributed by atoms with E-state index in [0.717, 1.165) is 66.2 Å². The van der Waals surface area contributed by atoms with Gasteiger partial charge in [0.05, 0.1) is 15.6 Å². The Bertz CT molecular complexity index is 1100. The predicted molar refractivity (Wildman–Crippen MR) is 121 cm³/mol. The Balaban J connectivity index is 1.37. The minimum atomic E-state index is 0.113. The SMILES string of the molecule is C=[N+](C)c1csc(C(=O)C2CCCN(c3ncnc4[nH]ccc34)CC3(CC2)CC3)c1. The van der Waals surface area contributed by atoms with Gasteiger partial charge in [-0.2, -0.15) is 0 Å². The van der Waals surface area contributed by atoms with Crippen LogP contribution >= 0.6 is 11.3 Å². The molecule has 6 nitrogen and oxygen atoms in total. The van der Waals surface area contributed by atoms with Crippen LogP contribution in [0.3, 0.4) is 0 Å². The molecule has 30 heavy (non-hydrogen) atoms. The first kappa shape index (κ1) is 19.4. The number of nitrogens with zero attached hydrogens (tertiary/aromatic N) is 4. The summed E-state index contributed by atoms with van der Waals surface area (Å²) >= 11 is 1.55. The van der Waals surface area contributed by atoms with Gasteiger partial charge in [-0.15, -0.1) is 11.3 Å². The van der Waals surface area contributed by atoms with Crippen molar-refractivity contribution >= 4 is 46.4 Å². The van der Waals surface area contributed by atoms with Gasteiger partial charge >= 0.3 is 0 Å². The van der Waals surface area contributed by atoms with E-state index in [2.05, 4.69) is 32.6 Å². The summed E-state index contributed by atoms with van der Waals surface area (Å²) < 4.78 is 1.82. The molecular weight excluding hydrogens is 394 g/mol. The van der Waals surface area contributed by atoms with E-state index in [4.69, 9.17) is 0 Å². The average Bonchev–Trinajstić information content (AvgIpc) is 3.14. The monoisotopic (exact) mass is 422 g/mol. The van der Waals surface area contributed by atoms with E-state index in [1.54, 1.807) is 17.7 Å². The van der Waals surface area contributed by atoms with Gasteiger partial charge in [0, 0.05) is 31.3 Å². The van der Waals surface area contributed by atoms with Gasteiger partial charge in [-0.3, -0.25) is 4.79 Å². The summed E-state index contributed by atoms with van der Waals surface area (Å²) in [6.45, 7) is 5.89. The van der Waals surface area contributed by atoms with E-state index in [1.807, 2.05) is 29.3 Å². The molecule has 1 spiro atoms. The molecule has 0 amide bonds. The number of fused-ring (bicyclic) bond motifs is 1. The molecule has 1 atom stereocenters. The Hall–Kier alpha value is -2.54. The van der Waals surface area contributed by atoms with E-state index in [0.29, 0.717) is 11.2 Å². The second-order valence-corrected chi connectivity index (χ2v) is 9.88. The molecule has 4 heterocycles. The molecule has 1 saturated carbocycles. The van der Waals surface area contributed by atoms with Gasteiger partial charge in [0.1, 0.15) is 31.6 Å². The molecule has 1 aliphatic heterocycles. The van der Waals surface area contributed by atoms with Gasteiger partial charge < -0.3 is 9.88 Å². The lowest BCUT2D eigenvalue weighted by Gasteiger charge is -2.28. The van der Waals surface area contributed by atoms with Gasteiger partial charge in [0.15, 0.2) is 5.78 Å². The number of Topliss-reactive ketones (excluding diaryl/α,β-unsaturated/α-hetero) is 1. The first-order valence-corrected chi connectivity index (χ1v) is 11.6. The summed E-state index contributed by atoms with van der Waals surface area (Å²) in [6.07, 6.45) is 10.1. The Morgan fingerprint density at radius 2 is 2.20 bits per heavy atom. The number of nitrogens with one attached hydrogen (secondary N) is 1. The maximum atomic E-state index is 13.3. The topological polar surface area (TPSA) is 64.9 Å². The second kappa shape index (κ2) is 7.61. The standard InChI is InChI=1S/C23H28N5OS/c1-27(2)17-12-19(30-13-17)20(29)16-4-3-11-28(14-23(7-5-16)8-9-23)22-18-6-10-24-21(18)25-15-26-22/h6,10,12-13,15-16H,1,3-5,7-9,11,14H2,2H3,(H,24,25,26)/q+1. The normalized spacial score (nSPS) is 21.2. The van der Waals surface area contributed by atoms with Crippen molar-refractivity contribution in [3.05, 3.63) is 34.9 Å². The number of thiophene rings is 1. The molecule has 3 aromatic heterocycles. The summed E-state index contributed by atoms with van der Waals surface area (Å²) in [4.78, 5) is 28.8. The number of aromatic amines is 1. The van der Waals surface area contributed by atoms with E-state index >= 15 is 0 Å². The third-order valence-corrected chi connectivity index (χ3v) is 7.69. The second-order valence-electron chi connectivity index (χ2n) is 8.97. The fourth-order valence-electron chi connectivity index (χ4n) is 4.71. The molecule has 0 radical (unpaired) electrons. The molecule has 1 saturated heterocycles. The summed E-state index contributed by atoms with van der Waals surface area (Å²) in [7, 11) is 1.91. The number of ketones is 1. The highest BCUT2D eigenvalue weighted by Gasteiger charge is 2.45. The molecule has 1 unspecified atom stereocenters. The van der Waals surface area contributed by atoms with E-state index < -0.39 is 0 Å². The van der Waals surface area contributed by atoms with Crippen molar-refractivity contribution in [3.8, 4) is 0 Å². The minimum Gasteiger partial charge on any atom is -0.355 e. The quantitative estimate of drug-likeness (QED) is 0.377. The number of hydrogen-bond donors (Lipinski definition) is 1. The average molecular weight is 423 g/mol. The van der Waals surface area contributed by atoms with Crippen molar-refractivity contribution < 1.29 is 9.37 Å². The minimum absolute atomic E-state index is 0.113. The molecular formula is C23H28N5OS+. The zero-order chi connectivity index (χ0) is 20.7. The van der Waals surface area contributed by atoms with Gasteiger partial charge in [0.2, 0.25) is 5.69 Å². The summed E-state index contributed by atoms with van der Waals surface area (Å²) in [6, 6.07) is 4.06. The number of aromatic nitrogens is 3. The van der Waals surface area contributed by atoms with Crippen molar-refractivity contribution in [3.63, 3.8) is 0 Å². The zero-order valence-corrected chi connectivity index (χ0v) is 18.2. The molecule has 0 aromatic carbocycles. The van der Waals surface area contributed by atoms with Crippen molar-refractivity contribution in [2.45, 2.75) is 38.5 Å². The van der Waals surface area contributed by atoms with Crippen LogP contribution in [0.25, 0.3) is 11.0 Å². The Morgan fingerprint density at radius 1 is 1.33 bits per heavy atom. The zero-order valence-electron chi connectivity index (χ0n) is 17.4. The smallest absolute Gasteiger partial charge is 0.216 e. The Kier molecular flexibility index (Phi) is 4.93. The molecule has 156 valence electrons. The third-order valence-electron chi connectivity index (χ3n) is 6.76. The lowest BCUT2D eigenvalue weighted by Crippen LogP contribution is -2.32. The summed E-state index contributed by atoms with van der Waals surface area (Å²) in [5.41, 5.74) is 2.24. The fourth-order valence-corrected chi connectivity index (χ4v) is 5.68. The van der Waals surface area contributed by atoms with Crippen molar-refractivity contribution in [2.75, 3.05) is 25.0 Å². The van der Waals surface area contributed by atoms with E-state index in [1.165, 1.54) is 12.8 Å². The van der Waals surface area contributed by atoms with Gasteiger partial charge in [-0.25, -0.2) is 14.5 Å². The van der Waals surface area contributed by atoms with Gasteiger partial charge in [0.25, 0.3) is 0 Å². The molecule has 1 N–H and O–H groups in total. The first-order valence-electron chi connectivity index (χ1n) is 10.7. The highest BCUT2D eigenvalue weighted by Crippen LogP contribution is 2.52. The maximum Gasteiger partial charge on any atom is 0.216 e. The fraction of sp³-hybridized carbons (Fsp3) is 0.478. The molecule has 0 bridgehead atoms. The van der Waals surface area contributed by atoms with E-state index in [-0.39, 0.29) is 5.92 Å². The van der Waals surface area contributed by atoms with Crippen LogP contribution in [0.15, 0.2) is 30.0 Å². The van der Waals surface area contributed by atoms with Crippen LogP contribution < -0.4 is 4.90 Å². The summed E-state index contributed by atoms with van der Waals surface area (Å²) in [5.74, 6) is 1.45. The van der Waals surface area contributed by atoms with Crippen molar-refractivity contribution in [1.82, 2.24) is 15.0 Å². The highest BCUT2D eigenvalue weighted by atomic mass is 32.1. The van der Waals surface area contributed by atoms with Gasteiger partial charge in [-0.1, -0.05) is 0 Å². The summed E-state index contributed by atoms with van der Waals surface area (Å²) in [5, 5.41) is 3.11. The molecule has 7 heteroatoms. The lowest BCUT2D eigenvalue weighted by atomic mass is 9.88. The van der Waals surface area contributed by atoms with Crippen LogP contribution in [0.5, 0.6) is 0 Å². The number of carbonyl (C=O) groups is 1. The molecule has 2 aliphatic rings. The third kappa shape index (κ3) is 3.67. The largest absolute Gasteiger partial charge is 0.355 e. The highest BCUT2D eigenvalue weighted by molar-refractivity contribution is 7.12. The number of carbonyl (C=O) groups excluding carboxylic acids is 1. The molecule has 1 aliphatic carbocycles.